The minimum absolute atomic E-state index is 0. The van der Waals surface area contributed by atoms with Crippen LogP contribution in [0.2, 0.25) is 0 Å². The molecule has 0 saturated carbocycles. The normalized spacial score (nSPS) is 20.8. The van der Waals surface area contributed by atoms with Crippen LogP contribution in [0.4, 0.5) is 27.8 Å². The second kappa shape index (κ2) is 16.5. The fourth-order valence-electron chi connectivity index (χ4n) is 7.89. The summed E-state index contributed by atoms with van der Waals surface area (Å²) in [6.45, 7) is 12.6. The minimum atomic E-state index is 0. The van der Waals surface area contributed by atoms with Gasteiger partial charge < -0.3 is 29.5 Å². The molecule has 10 heterocycles. The smallest absolute Gasteiger partial charge is 0.326 e. The Labute approximate surface area is 313 Å². The van der Waals surface area contributed by atoms with Crippen molar-refractivity contribution in [1.29, 1.82) is 0 Å². The van der Waals surface area contributed by atoms with Gasteiger partial charge >= 0.3 is 6.03 Å². The van der Waals surface area contributed by atoms with Crippen LogP contribution in [0, 0.1) is 13.8 Å². The summed E-state index contributed by atoms with van der Waals surface area (Å²) in [6.07, 6.45) is 9.76. The van der Waals surface area contributed by atoms with Crippen LogP contribution in [0.15, 0.2) is 60.9 Å². The Bertz CT molecular complexity index is 1870. The number of urea groups is 1. The van der Waals surface area contributed by atoms with E-state index in [0.717, 1.165) is 97.0 Å². The second-order valence-corrected chi connectivity index (χ2v) is 14.4. The van der Waals surface area contributed by atoms with Gasteiger partial charge in [0, 0.05) is 93.4 Å². The molecule has 0 aliphatic carbocycles. The number of ether oxygens (including phenoxy) is 2. The molecule has 12 nitrogen and oxygen atoms in total. The van der Waals surface area contributed by atoms with Crippen LogP contribution in [0.3, 0.4) is 0 Å². The molecule has 6 aliphatic heterocycles. The maximum absolute atomic E-state index is 13.3. The quantitative estimate of drug-likeness (QED) is 0.244. The zero-order chi connectivity index (χ0) is 35.4. The van der Waals surface area contributed by atoms with Gasteiger partial charge in [-0.1, -0.05) is 7.43 Å². The number of morpholine rings is 1. The van der Waals surface area contributed by atoms with Gasteiger partial charge in [0.15, 0.2) is 11.6 Å². The molecular formula is C41H53N9O3. The number of amides is 2. The Balaban J connectivity index is 0.000000145. The van der Waals surface area contributed by atoms with E-state index in [0.29, 0.717) is 32.3 Å². The lowest BCUT2D eigenvalue weighted by molar-refractivity contribution is 0.0544. The first-order chi connectivity index (χ1) is 25.5. The summed E-state index contributed by atoms with van der Waals surface area (Å²) in [5.41, 5.74) is 8.32. The standard InChI is InChI=1S/C20H23N5O2.C15H16N4.C5H10O.CH4/c1-14-12-15(4-6-21-14)17-2-3-18-19(22-17)25(16-5-7-24(18)13-16)20(26)23-8-10-27-11-9-23;1-10-8-11(4-6-16-10)13-2-3-14-15(18-13)17-12-5-7-19(14)9-12;1-2-4-6-5-3-1;/h2-4,6,12,16H,5,7-11,13H2,1H3;2-4,6,8,12H,5,7,9H2,1H3,(H,17,18);1-5H2;1H4/t16-;12-;;/m00../s1. The number of aryl methyl sites for hydroxylation is 2. The molecule has 4 bridgehead atoms. The summed E-state index contributed by atoms with van der Waals surface area (Å²) in [7, 11) is 0. The average Bonchev–Trinajstić information content (AvgIpc) is 3.80. The van der Waals surface area contributed by atoms with E-state index in [-0.39, 0.29) is 19.5 Å². The molecule has 0 radical (unpaired) electrons. The molecule has 2 amide bonds. The largest absolute Gasteiger partial charge is 0.381 e. The minimum Gasteiger partial charge on any atom is -0.381 e. The zero-order valence-electron chi connectivity index (χ0n) is 30.3. The van der Waals surface area contributed by atoms with Crippen molar-refractivity contribution < 1.29 is 14.3 Å². The summed E-state index contributed by atoms with van der Waals surface area (Å²) in [4.78, 5) is 40.2. The maximum atomic E-state index is 13.3. The third kappa shape index (κ3) is 8.08. The van der Waals surface area contributed by atoms with Gasteiger partial charge in [0.25, 0.3) is 0 Å². The average molecular weight is 720 g/mol. The second-order valence-electron chi connectivity index (χ2n) is 14.4. The van der Waals surface area contributed by atoms with Crippen molar-refractivity contribution in [3.05, 3.63) is 72.3 Å². The highest BCUT2D eigenvalue weighted by atomic mass is 16.5. The zero-order valence-corrected chi connectivity index (χ0v) is 30.3. The molecule has 53 heavy (non-hydrogen) atoms. The molecule has 4 aromatic rings. The summed E-state index contributed by atoms with van der Waals surface area (Å²) in [6, 6.07) is 17.3. The van der Waals surface area contributed by atoms with Gasteiger partial charge in [-0.2, -0.15) is 0 Å². The molecule has 0 spiro atoms. The van der Waals surface area contributed by atoms with Gasteiger partial charge in [-0.15, -0.1) is 0 Å². The molecule has 10 rings (SSSR count). The van der Waals surface area contributed by atoms with E-state index in [1.54, 1.807) is 6.20 Å². The summed E-state index contributed by atoms with van der Waals surface area (Å²) >= 11 is 0. The van der Waals surface area contributed by atoms with Crippen LogP contribution in [0.1, 0.15) is 50.9 Å². The van der Waals surface area contributed by atoms with Gasteiger partial charge in [-0.05, 0) is 94.5 Å². The number of hydrogen-bond donors (Lipinski definition) is 1. The monoisotopic (exact) mass is 719 g/mol. The number of pyridine rings is 4. The van der Waals surface area contributed by atoms with Crippen LogP contribution in [0.5, 0.6) is 0 Å². The highest BCUT2D eigenvalue weighted by molar-refractivity contribution is 5.97. The van der Waals surface area contributed by atoms with Crippen molar-refractivity contribution in [3.63, 3.8) is 0 Å². The lowest BCUT2D eigenvalue weighted by Crippen LogP contribution is -2.54. The fourth-order valence-corrected chi connectivity index (χ4v) is 7.89. The van der Waals surface area contributed by atoms with E-state index in [9.17, 15) is 4.79 Å². The third-order valence-electron chi connectivity index (χ3n) is 10.6. The van der Waals surface area contributed by atoms with Crippen LogP contribution in [-0.4, -0.2) is 109 Å². The Morgan fingerprint density at radius 1 is 0.717 bits per heavy atom. The van der Waals surface area contributed by atoms with Gasteiger partial charge in [0.1, 0.15) is 0 Å². The first kappa shape index (κ1) is 36.5. The molecule has 0 unspecified atom stereocenters. The molecular weight excluding hydrogens is 667 g/mol. The number of rotatable bonds is 2. The van der Waals surface area contributed by atoms with Crippen molar-refractivity contribution in [2.45, 2.75) is 65.5 Å². The summed E-state index contributed by atoms with van der Waals surface area (Å²) in [5.74, 6) is 1.81. The predicted molar refractivity (Wildman–Crippen MR) is 211 cm³/mol. The van der Waals surface area contributed by atoms with Crippen LogP contribution in [0.25, 0.3) is 22.5 Å². The van der Waals surface area contributed by atoms with E-state index in [1.165, 1.54) is 31.4 Å². The number of hydrogen-bond acceptors (Lipinski definition) is 10. The first-order valence-electron chi connectivity index (χ1n) is 18.9. The molecule has 6 aliphatic rings. The fraction of sp³-hybridized carbons (Fsp3) is 0.488. The van der Waals surface area contributed by atoms with Crippen molar-refractivity contribution in [1.82, 2.24) is 24.8 Å². The summed E-state index contributed by atoms with van der Waals surface area (Å²) in [5, 5.41) is 3.54. The predicted octanol–water partition coefficient (Wildman–Crippen LogP) is 6.58. The molecule has 12 heteroatoms. The van der Waals surface area contributed by atoms with E-state index < -0.39 is 0 Å². The Morgan fingerprint density at radius 2 is 1.34 bits per heavy atom. The molecule has 4 aromatic heterocycles. The highest BCUT2D eigenvalue weighted by Crippen LogP contribution is 2.41. The Kier molecular flexibility index (Phi) is 11.4. The van der Waals surface area contributed by atoms with Crippen molar-refractivity contribution in [2.24, 2.45) is 0 Å². The Morgan fingerprint density at radius 3 is 1.98 bits per heavy atom. The van der Waals surface area contributed by atoms with Crippen molar-refractivity contribution in [2.75, 3.05) is 85.7 Å². The summed E-state index contributed by atoms with van der Waals surface area (Å²) < 4.78 is 10.5. The van der Waals surface area contributed by atoms with E-state index in [4.69, 9.17) is 19.4 Å². The molecule has 1 N–H and O–H groups in total. The van der Waals surface area contributed by atoms with Crippen LogP contribution < -0.4 is 20.0 Å². The number of fused-ring (bicyclic) bond motifs is 8. The lowest BCUT2D eigenvalue weighted by Gasteiger charge is -2.39. The molecule has 4 fully saturated rings. The van der Waals surface area contributed by atoms with E-state index >= 15 is 0 Å². The Hall–Kier alpha value is -4.81. The number of nitrogens with one attached hydrogen (secondary N) is 1. The molecule has 4 saturated heterocycles. The number of aromatic nitrogens is 4. The van der Waals surface area contributed by atoms with Gasteiger partial charge in [-0.25, -0.2) is 14.8 Å². The maximum Gasteiger partial charge on any atom is 0.326 e. The lowest BCUT2D eigenvalue weighted by atomic mass is 10.1. The number of nitrogens with zero attached hydrogens (tertiary/aromatic N) is 8. The molecule has 2 atom stereocenters. The van der Waals surface area contributed by atoms with Crippen LogP contribution in [-0.2, 0) is 9.47 Å². The highest BCUT2D eigenvalue weighted by Gasteiger charge is 2.42. The van der Waals surface area contributed by atoms with Crippen molar-refractivity contribution in [3.8, 4) is 22.5 Å². The topological polar surface area (TPSA) is 112 Å². The van der Waals surface area contributed by atoms with Gasteiger partial charge in [0.2, 0.25) is 0 Å². The molecule has 0 aromatic carbocycles. The number of carbonyl (C=O) groups is 1. The first-order valence-corrected chi connectivity index (χ1v) is 18.9. The van der Waals surface area contributed by atoms with E-state index in [1.807, 2.05) is 54.1 Å². The number of anilines is 4. The number of carbonyl (C=O) groups excluding carboxylic acids is 1. The van der Waals surface area contributed by atoms with Crippen molar-refractivity contribution >= 4 is 29.0 Å². The van der Waals surface area contributed by atoms with Crippen LogP contribution >= 0.6 is 0 Å². The third-order valence-corrected chi connectivity index (χ3v) is 10.6. The van der Waals surface area contributed by atoms with Gasteiger partial charge in [-0.3, -0.25) is 14.9 Å². The van der Waals surface area contributed by atoms with Gasteiger partial charge in [0.05, 0.1) is 42.0 Å². The van der Waals surface area contributed by atoms with E-state index in [2.05, 4.69) is 49.4 Å². The SMILES string of the molecule is C.C1CCOCC1.Cc1cc(-c2ccc3c(n2)N(C(=O)N2CCOCC2)[C@H]2CCN3C2)ccn1.Cc1cc(-c2ccc3c(n2)N[C@H]2CCN3C2)ccn1. The molecule has 280 valence electrons.